The van der Waals surface area contributed by atoms with Gasteiger partial charge in [-0.05, 0) is 25.0 Å². The molecule has 1 aliphatic heterocycles. The van der Waals surface area contributed by atoms with E-state index in [0.717, 1.165) is 29.8 Å². The Labute approximate surface area is 147 Å². The summed E-state index contributed by atoms with van der Waals surface area (Å²) in [5, 5.41) is 11.9. The number of carbonyl (C=O) groups is 2. The topological polar surface area (TPSA) is 73.2 Å². The molecule has 0 spiro atoms. The molecular weight excluding hydrogens is 322 g/mol. The van der Waals surface area contributed by atoms with Crippen LogP contribution < -0.4 is 5.32 Å². The van der Waals surface area contributed by atoms with Crippen LogP contribution >= 0.6 is 11.8 Å². The van der Waals surface area contributed by atoms with Gasteiger partial charge in [0.15, 0.2) is 0 Å². The summed E-state index contributed by atoms with van der Waals surface area (Å²) in [6, 6.07) is 9.73. The van der Waals surface area contributed by atoms with Crippen LogP contribution in [0.3, 0.4) is 0 Å². The minimum Gasteiger partial charge on any atom is -0.333 e. The van der Waals surface area contributed by atoms with Crippen molar-refractivity contribution < 1.29 is 9.59 Å². The fourth-order valence-corrected chi connectivity index (χ4v) is 3.62. The minimum atomic E-state index is -0.175. The number of amides is 2. The van der Waals surface area contributed by atoms with E-state index in [-0.39, 0.29) is 23.6 Å². The first kappa shape index (κ1) is 18.3. The van der Waals surface area contributed by atoms with Crippen LogP contribution in [0.15, 0.2) is 29.2 Å². The fourth-order valence-electron chi connectivity index (χ4n) is 2.63. The average Bonchev–Trinajstić information content (AvgIpc) is 2.74. The Kier molecular flexibility index (Phi) is 7.13. The van der Waals surface area contributed by atoms with Crippen LogP contribution in [0.5, 0.6) is 0 Å². The lowest BCUT2D eigenvalue weighted by Crippen LogP contribution is -2.37. The Balaban J connectivity index is 1.98. The van der Waals surface area contributed by atoms with Gasteiger partial charge in [0.25, 0.3) is 0 Å². The highest BCUT2D eigenvalue weighted by atomic mass is 32.2. The molecule has 1 aromatic carbocycles. The lowest BCUT2D eigenvalue weighted by Gasteiger charge is -2.20. The SMILES string of the molecule is CC(CC#N)Sc1ccccc1NC(=O)CN1CCCCCC1=O. The number of nitrogens with zero attached hydrogens (tertiary/aromatic N) is 2. The monoisotopic (exact) mass is 345 g/mol. The zero-order valence-electron chi connectivity index (χ0n) is 14.0. The number of likely N-dealkylation sites (tertiary alicyclic amines) is 1. The zero-order valence-corrected chi connectivity index (χ0v) is 14.8. The Morgan fingerprint density at radius 2 is 2.17 bits per heavy atom. The van der Waals surface area contributed by atoms with Crippen molar-refractivity contribution in [3.8, 4) is 6.07 Å². The molecule has 6 heteroatoms. The molecule has 1 heterocycles. The van der Waals surface area contributed by atoms with E-state index < -0.39 is 0 Å². The van der Waals surface area contributed by atoms with Crippen LogP contribution in [0.1, 0.15) is 39.0 Å². The van der Waals surface area contributed by atoms with E-state index in [9.17, 15) is 9.59 Å². The second-order valence-electron chi connectivity index (χ2n) is 5.96. The second-order valence-corrected chi connectivity index (χ2v) is 7.44. The van der Waals surface area contributed by atoms with Crippen molar-refractivity contribution in [2.45, 2.75) is 49.2 Å². The summed E-state index contributed by atoms with van der Waals surface area (Å²) in [5.41, 5.74) is 0.736. The first-order valence-corrected chi connectivity index (χ1v) is 9.18. The Morgan fingerprint density at radius 1 is 1.38 bits per heavy atom. The lowest BCUT2D eigenvalue weighted by molar-refractivity contribution is -0.134. The van der Waals surface area contributed by atoms with Crippen molar-refractivity contribution >= 4 is 29.3 Å². The third-order valence-electron chi connectivity index (χ3n) is 3.87. The van der Waals surface area contributed by atoms with E-state index in [0.29, 0.717) is 19.4 Å². The number of rotatable bonds is 6. The maximum atomic E-state index is 12.3. The summed E-state index contributed by atoms with van der Waals surface area (Å²) < 4.78 is 0. The van der Waals surface area contributed by atoms with E-state index in [1.807, 2.05) is 31.2 Å². The maximum Gasteiger partial charge on any atom is 0.244 e. The molecule has 1 aromatic rings. The molecule has 1 fully saturated rings. The molecule has 1 aliphatic rings. The Bertz CT molecular complexity index is 627. The number of benzene rings is 1. The van der Waals surface area contributed by atoms with Gasteiger partial charge in [-0.2, -0.15) is 5.26 Å². The molecule has 0 aromatic heterocycles. The fraction of sp³-hybridized carbons (Fsp3) is 0.500. The molecule has 1 saturated heterocycles. The van der Waals surface area contributed by atoms with E-state index in [4.69, 9.17) is 5.26 Å². The summed E-state index contributed by atoms with van der Waals surface area (Å²) in [5.74, 6) is -0.112. The number of thioether (sulfide) groups is 1. The normalized spacial score (nSPS) is 16.2. The Morgan fingerprint density at radius 3 is 2.96 bits per heavy atom. The number of nitrogens with one attached hydrogen (secondary N) is 1. The maximum absolute atomic E-state index is 12.3. The molecule has 1 N–H and O–H groups in total. The second kappa shape index (κ2) is 9.33. The number of nitriles is 1. The highest BCUT2D eigenvalue weighted by molar-refractivity contribution is 8.00. The van der Waals surface area contributed by atoms with Gasteiger partial charge in [0.2, 0.25) is 11.8 Å². The van der Waals surface area contributed by atoms with Gasteiger partial charge >= 0.3 is 0 Å². The van der Waals surface area contributed by atoms with Crippen molar-refractivity contribution in [3.05, 3.63) is 24.3 Å². The molecule has 1 atom stereocenters. The number of carbonyl (C=O) groups excluding carboxylic acids is 2. The van der Waals surface area contributed by atoms with E-state index in [2.05, 4.69) is 11.4 Å². The number of hydrogen-bond acceptors (Lipinski definition) is 4. The van der Waals surface area contributed by atoms with Crippen molar-refractivity contribution in [3.63, 3.8) is 0 Å². The summed E-state index contributed by atoms with van der Waals surface area (Å²) in [4.78, 5) is 26.9. The van der Waals surface area contributed by atoms with E-state index >= 15 is 0 Å². The van der Waals surface area contributed by atoms with Gasteiger partial charge in [0.05, 0.1) is 18.3 Å². The summed E-state index contributed by atoms with van der Waals surface area (Å²) >= 11 is 1.57. The average molecular weight is 345 g/mol. The smallest absolute Gasteiger partial charge is 0.244 e. The number of para-hydroxylation sites is 1. The predicted octanol–water partition coefficient (Wildman–Crippen LogP) is 3.42. The summed E-state index contributed by atoms with van der Waals surface area (Å²) in [7, 11) is 0. The van der Waals surface area contributed by atoms with Gasteiger partial charge in [0.1, 0.15) is 0 Å². The van der Waals surface area contributed by atoms with Crippen LogP contribution in [-0.2, 0) is 9.59 Å². The van der Waals surface area contributed by atoms with Crippen LogP contribution in [0.25, 0.3) is 0 Å². The van der Waals surface area contributed by atoms with E-state index in [1.54, 1.807) is 16.7 Å². The van der Waals surface area contributed by atoms with Gasteiger partial charge in [0, 0.05) is 29.5 Å². The molecule has 128 valence electrons. The number of anilines is 1. The van der Waals surface area contributed by atoms with E-state index in [1.165, 1.54) is 0 Å². The quantitative estimate of drug-likeness (QED) is 0.802. The van der Waals surface area contributed by atoms with Crippen molar-refractivity contribution in [1.82, 2.24) is 4.90 Å². The van der Waals surface area contributed by atoms with Crippen LogP contribution in [-0.4, -0.2) is 35.1 Å². The molecular formula is C18H23N3O2S. The van der Waals surface area contributed by atoms with Crippen LogP contribution in [0, 0.1) is 11.3 Å². The molecule has 2 amide bonds. The molecule has 2 rings (SSSR count). The first-order chi connectivity index (χ1) is 11.6. The molecule has 0 radical (unpaired) electrons. The van der Waals surface area contributed by atoms with Crippen LogP contribution in [0.4, 0.5) is 5.69 Å². The largest absolute Gasteiger partial charge is 0.333 e. The predicted molar refractivity (Wildman–Crippen MR) is 95.7 cm³/mol. The highest BCUT2D eigenvalue weighted by Gasteiger charge is 2.19. The number of hydrogen-bond donors (Lipinski definition) is 1. The minimum absolute atomic E-state index is 0.0629. The zero-order chi connectivity index (χ0) is 17.4. The molecule has 1 unspecified atom stereocenters. The lowest BCUT2D eigenvalue weighted by atomic mass is 10.2. The molecule has 0 saturated carbocycles. The van der Waals surface area contributed by atoms with Crippen molar-refractivity contribution in [2.24, 2.45) is 0 Å². The van der Waals surface area contributed by atoms with Gasteiger partial charge in [-0.3, -0.25) is 9.59 Å². The molecule has 24 heavy (non-hydrogen) atoms. The van der Waals surface area contributed by atoms with Crippen molar-refractivity contribution in [2.75, 3.05) is 18.4 Å². The third-order valence-corrected chi connectivity index (χ3v) is 5.05. The summed E-state index contributed by atoms with van der Waals surface area (Å²) in [6.45, 7) is 2.75. The van der Waals surface area contributed by atoms with Gasteiger partial charge in [-0.15, -0.1) is 11.8 Å². The highest BCUT2D eigenvalue weighted by Crippen LogP contribution is 2.31. The van der Waals surface area contributed by atoms with Gasteiger partial charge < -0.3 is 10.2 Å². The molecule has 0 bridgehead atoms. The Hall–Kier alpha value is -2.00. The van der Waals surface area contributed by atoms with Gasteiger partial charge in [-0.25, -0.2) is 0 Å². The van der Waals surface area contributed by atoms with Crippen molar-refractivity contribution in [1.29, 1.82) is 5.26 Å². The van der Waals surface area contributed by atoms with Crippen LogP contribution in [0.2, 0.25) is 0 Å². The summed E-state index contributed by atoms with van der Waals surface area (Å²) in [6.07, 6.45) is 3.89. The first-order valence-electron chi connectivity index (χ1n) is 8.30. The standard InChI is InChI=1S/C18H23N3O2S/c1-14(10-11-19)24-16-8-5-4-7-15(16)20-17(22)13-21-12-6-2-3-9-18(21)23/h4-5,7-8,14H,2-3,6,9-10,12-13H2,1H3,(H,20,22). The van der Waals surface area contributed by atoms with Gasteiger partial charge in [-0.1, -0.05) is 25.5 Å². The molecule has 0 aliphatic carbocycles. The molecule has 5 nitrogen and oxygen atoms in total. The third kappa shape index (κ3) is 5.57.